The highest BCUT2D eigenvalue weighted by Gasteiger charge is 2.13. The van der Waals surface area contributed by atoms with Gasteiger partial charge in [0.1, 0.15) is 17.5 Å². The van der Waals surface area contributed by atoms with Crippen LogP contribution in [-0.2, 0) is 6.54 Å². The number of nitrogens with one attached hydrogen (secondary N) is 1. The number of aromatic nitrogens is 1. The summed E-state index contributed by atoms with van der Waals surface area (Å²) in [7, 11) is 1.79. The summed E-state index contributed by atoms with van der Waals surface area (Å²) in [6.07, 6.45) is 1.54. The number of hydrogen-bond acceptors (Lipinski definition) is 3. The third kappa shape index (κ3) is 3.05. The van der Waals surface area contributed by atoms with Crippen LogP contribution in [0.3, 0.4) is 0 Å². The number of halogens is 2. The van der Waals surface area contributed by atoms with Crippen molar-refractivity contribution in [1.29, 1.82) is 5.41 Å². The molecule has 0 atom stereocenters. The number of nitrogens with zero attached hydrogens (tertiary/aromatic N) is 2. The normalized spacial score (nSPS) is 10.3. The van der Waals surface area contributed by atoms with Crippen LogP contribution in [0.25, 0.3) is 0 Å². The first kappa shape index (κ1) is 14.3. The Hall–Kier alpha value is -2.14. The van der Waals surface area contributed by atoms with Gasteiger partial charge in [-0.3, -0.25) is 5.41 Å². The van der Waals surface area contributed by atoms with E-state index in [0.29, 0.717) is 22.9 Å². The van der Waals surface area contributed by atoms with Gasteiger partial charge >= 0.3 is 0 Å². The highest BCUT2D eigenvalue weighted by atomic mass is 35.5. The Bertz CT molecular complexity index is 645. The molecule has 0 saturated heterocycles. The molecule has 2 aromatic rings. The molecule has 1 heterocycles. The van der Waals surface area contributed by atoms with Gasteiger partial charge in [-0.25, -0.2) is 9.37 Å². The van der Waals surface area contributed by atoms with Crippen molar-refractivity contribution in [2.75, 3.05) is 11.9 Å². The maximum Gasteiger partial charge on any atom is 0.148 e. The molecule has 104 valence electrons. The van der Waals surface area contributed by atoms with Gasteiger partial charge in [0.15, 0.2) is 0 Å². The second-order valence-electron chi connectivity index (χ2n) is 4.40. The van der Waals surface area contributed by atoms with E-state index in [1.165, 1.54) is 12.1 Å². The van der Waals surface area contributed by atoms with Crippen LogP contribution in [0.5, 0.6) is 0 Å². The fourth-order valence-corrected chi connectivity index (χ4v) is 2.25. The third-order valence-electron chi connectivity index (χ3n) is 2.83. The quantitative estimate of drug-likeness (QED) is 0.673. The van der Waals surface area contributed by atoms with E-state index >= 15 is 0 Å². The lowest BCUT2D eigenvalue weighted by Crippen LogP contribution is -2.20. The van der Waals surface area contributed by atoms with Gasteiger partial charge in [0.25, 0.3) is 0 Å². The summed E-state index contributed by atoms with van der Waals surface area (Å²) in [5, 5.41) is 7.78. The first-order valence-electron chi connectivity index (χ1n) is 5.93. The summed E-state index contributed by atoms with van der Waals surface area (Å²) in [4.78, 5) is 5.97. The Morgan fingerprint density at radius 3 is 2.85 bits per heavy atom. The smallest absolute Gasteiger partial charge is 0.148 e. The van der Waals surface area contributed by atoms with Gasteiger partial charge < -0.3 is 10.6 Å². The van der Waals surface area contributed by atoms with Crippen LogP contribution in [0, 0.1) is 11.2 Å². The number of pyridine rings is 1. The van der Waals surface area contributed by atoms with Crippen LogP contribution < -0.4 is 10.6 Å². The monoisotopic (exact) mass is 292 g/mol. The Morgan fingerprint density at radius 2 is 2.20 bits per heavy atom. The average Bonchev–Trinajstić information content (AvgIpc) is 2.38. The van der Waals surface area contributed by atoms with Crippen molar-refractivity contribution in [3.63, 3.8) is 0 Å². The number of anilines is 1. The van der Waals surface area contributed by atoms with Gasteiger partial charge in [-0.15, -0.1) is 0 Å². The predicted molar refractivity (Wildman–Crippen MR) is 78.8 cm³/mol. The molecule has 6 heteroatoms. The van der Waals surface area contributed by atoms with Crippen molar-refractivity contribution >= 4 is 23.3 Å². The minimum absolute atomic E-state index is 0.113. The van der Waals surface area contributed by atoms with E-state index in [-0.39, 0.29) is 11.7 Å². The summed E-state index contributed by atoms with van der Waals surface area (Å²) in [6, 6.07) is 7.91. The molecular formula is C14H14ClFN4. The van der Waals surface area contributed by atoms with Crippen LogP contribution in [0.2, 0.25) is 5.02 Å². The number of hydrogen-bond donors (Lipinski definition) is 2. The van der Waals surface area contributed by atoms with Crippen molar-refractivity contribution in [2.45, 2.75) is 6.54 Å². The molecule has 0 unspecified atom stereocenters. The number of benzene rings is 1. The second-order valence-corrected chi connectivity index (χ2v) is 4.77. The molecule has 1 aromatic heterocycles. The molecule has 0 aliphatic heterocycles. The van der Waals surface area contributed by atoms with Gasteiger partial charge in [0.2, 0.25) is 0 Å². The van der Waals surface area contributed by atoms with E-state index < -0.39 is 0 Å². The maximum atomic E-state index is 13.2. The van der Waals surface area contributed by atoms with Gasteiger partial charge in [0.05, 0.1) is 5.02 Å². The molecule has 0 saturated carbocycles. The largest absolute Gasteiger partial charge is 0.384 e. The fraction of sp³-hybridized carbons (Fsp3) is 0.143. The summed E-state index contributed by atoms with van der Waals surface area (Å²) >= 11 is 6.20. The molecule has 0 amide bonds. The zero-order valence-corrected chi connectivity index (χ0v) is 11.7. The predicted octanol–water partition coefficient (Wildman–Crippen LogP) is 2.79. The number of rotatable bonds is 4. The Balaban J connectivity index is 2.28. The number of amidine groups is 1. The van der Waals surface area contributed by atoms with Gasteiger partial charge in [-0.05, 0) is 23.8 Å². The van der Waals surface area contributed by atoms with Gasteiger partial charge in [-0.2, -0.15) is 0 Å². The minimum atomic E-state index is -0.285. The van der Waals surface area contributed by atoms with Crippen LogP contribution in [-0.4, -0.2) is 17.9 Å². The molecule has 0 radical (unpaired) electrons. The highest BCUT2D eigenvalue weighted by molar-refractivity contribution is 6.36. The van der Waals surface area contributed by atoms with Crippen LogP contribution in [0.15, 0.2) is 36.5 Å². The summed E-state index contributed by atoms with van der Waals surface area (Å²) in [5.41, 5.74) is 6.70. The van der Waals surface area contributed by atoms with Crippen molar-refractivity contribution in [2.24, 2.45) is 5.73 Å². The van der Waals surface area contributed by atoms with Crippen LogP contribution in [0.1, 0.15) is 11.1 Å². The molecule has 3 N–H and O–H groups in total. The van der Waals surface area contributed by atoms with Crippen molar-refractivity contribution < 1.29 is 4.39 Å². The maximum absolute atomic E-state index is 13.2. The molecule has 0 spiro atoms. The first-order valence-corrected chi connectivity index (χ1v) is 6.31. The molecule has 2 rings (SSSR count). The van der Waals surface area contributed by atoms with E-state index in [1.54, 1.807) is 30.3 Å². The topological polar surface area (TPSA) is 66.0 Å². The Labute approximate surface area is 121 Å². The van der Waals surface area contributed by atoms with E-state index in [4.69, 9.17) is 22.7 Å². The molecule has 0 aliphatic rings. The van der Waals surface area contributed by atoms with Crippen molar-refractivity contribution in [1.82, 2.24) is 4.98 Å². The van der Waals surface area contributed by atoms with E-state index in [9.17, 15) is 4.39 Å². The van der Waals surface area contributed by atoms with E-state index in [2.05, 4.69) is 4.98 Å². The van der Waals surface area contributed by atoms with E-state index in [0.717, 1.165) is 5.56 Å². The first-order chi connectivity index (χ1) is 9.49. The molecule has 0 aliphatic carbocycles. The Morgan fingerprint density at radius 1 is 1.45 bits per heavy atom. The zero-order chi connectivity index (χ0) is 14.7. The van der Waals surface area contributed by atoms with Crippen molar-refractivity contribution in [3.05, 3.63) is 58.5 Å². The molecular weight excluding hydrogens is 279 g/mol. The van der Waals surface area contributed by atoms with Gasteiger partial charge in [0, 0.05) is 25.4 Å². The molecule has 20 heavy (non-hydrogen) atoms. The summed E-state index contributed by atoms with van der Waals surface area (Å²) in [5.74, 6) is 0.105. The minimum Gasteiger partial charge on any atom is -0.384 e. The van der Waals surface area contributed by atoms with Crippen LogP contribution in [0.4, 0.5) is 10.2 Å². The lowest BCUT2D eigenvalue weighted by Gasteiger charge is -2.20. The average molecular weight is 293 g/mol. The van der Waals surface area contributed by atoms with Gasteiger partial charge in [-0.1, -0.05) is 23.7 Å². The second kappa shape index (κ2) is 5.88. The molecule has 4 nitrogen and oxygen atoms in total. The Kier molecular flexibility index (Phi) is 4.20. The van der Waals surface area contributed by atoms with Crippen molar-refractivity contribution in [3.8, 4) is 0 Å². The zero-order valence-electron chi connectivity index (χ0n) is 10.9. The number of nitrogens with two attached hydrogens (primary N) is 1. The highest BCUT2D eigenvalue weighted by Crippen LogP contribution is 2.26. The lowest BCUT2D eigenvalue weighted by atomic mass is 10.2. The van der Waals surface area contributed by atoms with E-state index in [1.807, 2.05) is 6.07 Å². The standard InChI is InChI=1S/C14H14ClFN4/c1-20(8-9-3-2-4-10(16)7-9)14-12(15)11(13(17)18)5-6-19-14/h2-7H,8H2,1H3,(H3,17,18). The third-order valence-corrected chi connectivity index (χ3v) is 3.20. The summed E-state index contributed by atoms with van der Waals surface area (Å²) < 4.78 is 13.2. The SMILES string of the molecule is CN(Cc1cccc(F)c1)c1nccc(C(=N)N)c1Cl. The lowest BCUT2D eigenvalue weighted by molar-refractivity contribution is 0.625. The molecule has 1 aromatic carbocycles. The van der Waals surface area contributed by atoms with Crippen LogP contribution >= 0.6 is 11.6 Å². The molecule has 0 bridgehead atoms. The fourth-order valence-electron chi connectivity index (χ4n) is 1.89. The summed E-state index contributed by atoms with van der Waals surface area (Å²) in [6.45, 7) is 0.450. The number of nitrogen functional groups attached to an aromatic ring is 1. The molecule has 0 fully saturated rings.